The maximum Gasteiger partial charge on any atom is 0.242 e. The molecule has 1 aliphatic heterocycles. The van der Waals surface area contributed by atoms with Gasteiger partial charge in [-0.25, -0.2) is 0 Å². The lowest BCUT2D eigenvalue weighted by Crippen LogP contribution is -2.44. The van der Waals surface area contributed by atoms with Crippen molar-refractivity contribution in [2.24, 2.45) is 5.92 Å². The largest absolute Gasteiger partial charge is 0.316 e. The molecule has 3 N–H and O–H groups in total. The van der Waals surface area contributed by atoms with Gasteiger partial charge in [-0.05, 0) is 13.0 Å². The molecule has 1 fully saturated rings. The van der Waals surface area contributed by atoms with Crippen molar-refractivity contribution >= 4 is 11.8 Å². The van der Waals surface area contributed by atoms with Crippen LogP contribution in [0.2, 0.25) is 0 Å². The lowest BCUT2D eigenvalue weighted by Gasteiger charge is -2.08. The fourth-order valence-electron chi connectivity index (χ4n) is 1.13. The third kappa shape index (κ3) is 2.50. The zero-order valence-corrected chi connectivity index (χ0v) is 7.02. The van der Waals surface area contributed by atoms with Gasteiger partial charge in [0, 0.05) is 13.5 Å². The summed E-state index contributed by atoms with van der Waals surface area (Å²) >= 11 is 0. The highest BCUT2D eigenvalue weighted by molar-refractivity contribution is 5.82. The maximum absolute atomic E-state index is 11.2. The molecule has 1 rings (SSSR count). The normalized spacial score (nSPS) is 21.9. The molecule has 5 nitrogen and oxygen atoms in total. The van der Waals surface area contributed by atoms with E-state index in [0.29, 0.717) is 6.54 Å². The Balaban J connectivity index is 2.23. The van der Waals surface area contributed by atoms with Crippen LogP contribution < -0.4 is 16.2 Å². The predicted molar refractivity (Wildman–Crippen MR) is 42.9 cm³/mol. The molecule has 5 heteroatoms. The minimum atomic E-state index is -0.255. The lowest BCUT2D eigenvalue weighted by atomic mass is 10.1. The van der Waals surface area contributed by atoms with Crippen LogP contribution in [-0.4, -0.2) is 24.9 Å². The molecule has 2 amide bonds. The van der Waals surface area contributed by atoms with Crippen molar-refractivity contribution in [2.75, 3.05) is 13.1 Å². The fourth-order valence-corrected chi connectivity index (χ4v) is 1.13. The standard InChI is InChI=1S/C7H13N3O2/c1-5(11)9-10-7(12)6-2-3-8-4-6/h6,8H,2-4H2,1H3,(H,9,11)(H,10,12). The fraction of sp³-hybridized carbons (Fsp3) is 0.714. The van der Waals surface area contributed by atoms with Crippen LogP contribution in [0, 0.1) is 5.92 Å². The zero-order valence-electron chi connectivity index (χ0n) is 7.02. The predicted octanol–water partition coefficient (Wildman–Crippen LogP) is -1.24. The van der Waals surface area contributed by atoms with Gasteiger partial charge in [-0.2, -0.15) is 0 Å². The van der Waals surface area contributed by atoms with E-state index in [9.17, 15) is 9.59 Å². The van der Waals surface area contributed by atoms with E-state index < -0.39 is 0 Å². The summed E-state index contributed by atoms with van der Waals surface area (Å²) in [7, 11) is 0. The highest BCUT2D eigenvalue weighted by Gasteiger charge is 2.21. The van der Waals surface area contributed by atoms with Gasteiger partial charge in [0.05, 0.1) is 5.92 Å². The highest BCUT2D eigenvalue weighted by Crippen LogP contribution is 2.05. The molecule has 0 aromatic carbocycles. The van der Waals surface area contributed by atoms with E-state index in [1.807, 2.05) is 0 Å². The molecule has 0 aliphatic carbocycles. The van der Waals surface area contributed by atoms with E-state index in [1.54, 1.807) is 0 Å². The van der Waals surface area contributed by atoms with Gasteiger partial charge in [-0.3, -0.25) is 20.4 Å². The van der Waals surface area contributed by atoms with Crippen LogP contribution in [0.1, 0.15) is 13.3 Å². The summed E-state index contributed by atoms with van der Waals surface area (Å²) < 4.78 is 0. The number of carbonyl (C=O) groups excluding carboxylic acids is 2. The smallest absolute Gasteiger partial charge is 0.242 e. The summed E-state index contributed by atoms with van der Waals surface area (Å²) in [6.07, 6.45) is 0.839. The second kappa shape index (κ2) is 4.06. The molecule has 1 saturated heterocycles. The first-order valence-electron chi connectivity index (χ1n) is 3.97. The van der Waals surface area contributed by atoms with Gasteiger partial charge in [0.2, 0.25) is 11.8 Å². The molecule has 1 heterocycles. The quantitative estimate of drug-likeness (QED) is 0.432. The topological polar surface area (TPSA) is 70.2 Å². The van der Waals surface area contributed by atoms with Crippen molar-refractivity contribution in [3.8, 4) is 0 Å². The van der Waals surface area contributed by atoms with E-state index in [-0.39, 0.29) is 17.7 Å². The summed E-state index contributed by atoms with van der Waals surface area (Å²) in [4.78, 5) is 21.6. The van der Waals surface area contributed by atoms with Gasteiger partial charge in [0.15, 0.2) is 0 Å². The zero-order chi connectivity index (χ0) is 8.97. The number of rotatable bonds is 1. The van der Waals surface area contributed by atoms with Crippen molar-refractivity contribution in [3.63, 3.8) is 0 Å². The number of hydrogen-bond donors (Lipinski definition) is 3. The molecular weight excluding hydrogens is 158 g/mol. The summed E-state index contributed by atoms with van der Waals surface area (Å²) in [5, 5.41) is 3.07. The number of hydrogen-bond acceptors (Lipinski definition) is 3. The van der Waals surface area contributed by atoms with Crippen molar-refractivity contribution in [1.82, 2.24) is 16.2 Å². The molecule has 1 atom stereocenters. The summed E-state index contributed by atoms with van der Waals surface area (Å²) in [5.74, 6) is -0.374. The first-order chi connectivity index (χ1) is 5.70. The number of nitrogens with one attached hydrogen (secondary N) is 3. The average molecular weight is 171 g/mol. The second-order valence-electron chi connectivity index (χ2n) is 2.86. The Morgan fingerprint density at radius 3 is 2.67 bits per heavy atom. The molecule has 0 spiro atoms. The van der Waals surface area contributed by atoms with Crippen LogP contribution in [0.15, 0.2) is 0 Å². The minimum Gasteiger partial charge on any atom is -0.316 e. The van der Waals surface area contributed by atoms with Gasteiger partial charge in [0.25, 0.3) is 0 Å². The monoisotopic (exact) mass is 171 g/mol. The summed E-state index contributed by atoms with van der Waals surface area (Å²) in [6, 6.07) is 0. The molecule has 0 radical (unpaired) electrons. The molecule has 0 aromatic rings. The lowest BCUT2D eigenvalue weighted by molar-refractivity contribution is -0.130. The van der Waals surface area contributed by atoms with Crippen LogP contribution in [0.5, 0.6) is 0 Å². The third-order valence-electron chi connectivity index (χ3n) is 1.79. The Kier molecular flexibility index (Phi) is 3.04. The molecule has 1 unspecified atom stereocenters. The van der Waals surface area contributed by atoms with Crippen molar-refractivity contribution in [3.05, 3.63) is 0 Å². The Morgan fingerprint density at radius 2 is 2.17 bits per heavy atom. The second-order valence-corrected chi connectivity index (χ2v) is 2.86. The number of carbonyl (C=O) groups is 2. The Bertz CT molecular complexity index is 187. The number of hydrazine groups is 1. The van der Waals surface area contributed by atoms with E-state index >= 15 is 0 Å². The van der Waals surface area contributed by atoms with Gasteiger partial charge >= 0.3 is 0 Å². The maximum atomic E-state index is 11.2. The van der Waals surface area contributed by atoms with Crippen LogP contribution in [0.3, 0.4) is 0 Å². The minimum absolute atomic E-state index is 0.00292. The Labute approximate surface area is 70.9 Å². The third-order valence-corrected chi connectivity index (χ3v) is 1.79. The van der Waals surface area contributed by atoms with E-state index in [2.05, 4.69) is 16.2 Å². The van der Waals surface area contributed by atoms with Gasteiger partial charge in [-0.1, -0.05) is 0 Å². The molecule has 0 aromatic heterocycles. The molecule has 12 heavy (non-hydrogen) atoms. The van der Waals surface area contributed by atoms with Gasteiger partial charge in [0.1, 0.15) is 0 Å². The van der Waals surface area contributed by atoms with Crippen molar-refractivity contribution in [2.45, 2.75) is 13.3 Å². The SMILES string of the molecule is CC(=O)NNC(=O)C1CCNC1. The molecule has 68 valence electrons. The molecular formula is C7H13N3O2. The van der Waals surface area contributed by atoms with E-state index in [0.717, 1.165) is 13.0 Å². The van der Waals surface area contributed by atoms with Crippen LogP contribution in [0.25, 0.3) is 0 Å². The van der Waals surface area contributed by atoms with E-state index in [1.165, 1.54) is 6.92 Å². The van der Waals surface area contributed by atoms with Gasteiger partial charge < -0.3 is 5.32 Å². The van der Waals surface area contributed by atoms with E-state index in [4.69, 9.17) is 0 Å². The van der Waals surface area contributed by atoms with Crippen LogP contribution in [0.4, 0.5) is 0 Å². The Hall–Kier alpha value is -1.10. The first-order valence-corrected chi connectivity index (χ1v) is 3.97. The Morgan fingerprint density at radius 1 is 1.42 bits per heavy atom. The summed E-state index contributed by atoms with van der Waals surface area (Å²) in [5.41, 5.74) is 4.60. The molecule has 0 bridgehead atoms. The van der Waals surface area contributed by atoms with Gasteiger partial charge in [-0.15, -0.1) is 0 Å². The van der Waals surface area contributed by atoms with Crippen molar-refractivity contribution in [1.29, 1.82) is 0 Å². The number of amides is 2. The van der Waals surface area contributed by atoms with Crippen molar-refractivity contribution < 1.29 is 9.59 Å². The summed E-state index contributed by atoms with van der Waals surface area (Å²) in [6.45, 7) is 2.93. The highest BCUT2D eigenvalue weighted by atomic mass is 16.2. The average Bonchev–Trinajstić information content (AvgIpc) is 2.51. The molecule has 1 aliphatic rings. The van der Waals surface area contributed by atoms with Crippen LogP contribution >= 0.6 is 0 Å². The molecule has 0 saturated carbocycles. The first kappa shape index (κ1) is 8.99. The van der Waals surface area contributed by atoms with Crippen LogP contribution in [-0.2, 0) is 9.59 Å².